The number of rotatable bonds is 5. The number of carbonyl (C=O) groups is 2. The van der Waals surface area contributed by atoms with Crippen molar-refractivity contribution in [2.45, 2.75) is 44.7 Å². The fourth-order valence-corrected chi connectivity index (χ4v) is 3.81. The molecule has 0 saturated carbocycles. The van der Waals surface area contributed by atoms with Crippen LogP contribution in [-0.2, 0) is 16.1 Å². The molecule has 2 saturated heterocycles. The molecule has 0 bridgehead atoms. The summed E-state index contributed by atoms with van der Waals surface area (Å²) in [4.78, 5) is 28.1. The van der Waals surface area contributed by atoms with E-state index >= 15 is 0 Å². The molecule has 1 atom stereocenters. The summed E-state index contributed by atoms with van der Waals surface area (Å²) in [6, 6.07) is 7.37. The Morgan fingerprint density at radius 2 is 1.88 bits per heavy atom. The number of ether oxygens (including phenoxy) is 1. The average molecular weight is 360 g/mol. The van der Waals surface area contributed by atoms with E-state index in [4.69, 9.17) is 9.84 Å². The number of benzene rings is 1. The summed E-state index contributed by atoms with van der Waals surface area (Å²) in [6.45, 7) is 4.27. The van der Waals surface area contributed by atoms with Crippen molar-refractivity contribution in [3.05, 3.63) is 35.4 Å². The summed E-state index contributed by atoms with van der Waals surface area (Å²) in [6.07, 6.45) is 5.00. The van der Waals surface area contributed by atoms with E-state index < -0.39 is 12.0 Å². The zero-order chi connectivity index (χ0) is 18.4. The summed E-state index contributed by atoms with van der Waals surface area (Å²) in [7, 11) is 0. The Bertz CT molecular complexity index is 626. The molecule has 1 aromatic rings. The molecule has 2 fully saturated rings. The smallest absolute Gasteiger partial charge is 0.305 e. The fourth-order valence-electron chi connectivity index (χ4n) is 3.81. The van der Waals surface area contributed by atoms with Crippen LogP contribution in [0.15, 0.2) is 24.3 Å². The number of hydrogen-bond acceptors (Lipinski definition) is 4. The summed E-state index contributed by atoms with van der Waals surface area (Å²) in [5.74, 6) is -1.01. The molecule has 142 valence electrons. The molecule has 2 aliphatic rings. The van der Waals surface area contributed by atoms with Gasteiger partial charge in [0, 0.05) is 18.7 Å². The molecular formula is C20H28N2O4. The molecule has 6 heteroatoms. The largest absolute Gasteiger partial charge is 0.481 e. The van der Waals surface area contributed by atoms with Crippen molar-refractivity contribution in [2.24, 2.45) is 0 Å². The van der Waals surface area contributed by atoms with Gasteiger partial charge in [-0.15, -0.1) is 0 Å². The first kappa shape index (κ1) is 18.9. The second kappa shape index (κ2) is 9.14. The highest BCUT2D eigenvalue weighted by Crippen LogP contribution is 2.18. The predicted octanol–water partition coefficient (Wildman–Crippen LogP) is 2.38. The van der Waals surface area contributed by atoms with Crippen LogP contribution in [0, 0.1) is 0 Å². The van der Waals surface area contributed by atoms with Gasteiger partial charge in [0.2, 0.25) is 0 Å². The molecule has 2 aliphatic heterocycles. The van der Waals surface area contributed by atoms with Crippen LogP contribution in [0.5, 0.6) is 0 Å². The number of aliphatic carboxylic acids is 1. The van der Waals surface area contributed by atoms with E-state index in [0.29, 0.717) is 18.7 Å². The van der Waals surface area contributed by atoms with Crippen molar-refractivity contribution in [1.82, 2.24) is 9.80 Å². The van der Waals surface area contributed by atoms with Crippen LogP contribution >= 0.6 is 0 Å². The number of nitrogens with zero attached hydrogens (tertiary/aromatic N) is 2. The lowest BCUT2D eigenvalue weighted by atomic mass is 10.1. The Labute approximate surface area is 154 Å². The molecule has 3 rings (SSSR count). The van der Waals surface area contributed by atoms with Gasteiger partial charge >= 0.3 is 5.97 Å². The highest BCUT2D eigenvalue weighted by molar-refractivity contribution is 5.95. The molecular weight excluding hydrogens is 332 g/mol. The second-order valence-corrected chi connectivity index (χ2v) is 7.22. The van der Waals surface area contributed by atoms with Crippen LogP contribution in [0.1, 0.15) is 48.0 Å². The van der Waals surface area contributed by atoms with E-state index in [-0.39, 0.29) is 18.9 Å². The third-order valence-electron chi connectivity index (χ3n) is 5.18. The zero-order valence-electron chi connectivity index (χ0n) is 15.2. The van der Waals surface area contributed by atoms with Crippen molar-refractivity contribution in [2.75, 3.05) is 32.8 Å². The van der Waals surface area contributed by atoms with Gasteiger partial charge in [-0.2, -0.15) is 0 Å². The highest BCUT2D eigenvalue weighted by atomic mass is 16.5. The van der Waals surface area contributed by atoms with Crippen molar-refractivity contribution < 1.29 is 19.4 Å². The van der Waals surface area contributed by atoms with Crippen LogP contribution in [0.25, 0.3) is 0 Å². The molecule has 0 aromatic heterocycles. The van der Waals surface area contributed by atoms with Gasteiger partial charge < -0.3 is 14.7 Å². The van der Waals surface area contributed by atoms with E-state index in [0.717, 1.165) is 25.2 Å². The van der Waals surface area contributed by atoms with Gasteiger partial charge in [-0.05, 0) is 43.6 Å². The van der Waals surface area contributed by atoms with E-state index in [1.54, 1.807) is 4.90 Å². The molecule has 1 aromatic carbocycles. The topological polar surface area (TPSA) is 70.1 Å². The molecule has 0 unspecified atom stereocenters. The normalized spacial score (nSPS) is 22.0. The summed E-state index contributed by atoms with van der Waals surface area (Å²) < 4.78 is 5.37. The number of morpholine rings is 1. The number of amides is 1. The average Bonchev–Trinajstić information content (AvgIpc) is 2.90. The molecule has 2 heterocycles. The van der Waals surface area contributed by atoms with Gasteiger partial charge in [0.15, 0.2) is 0 Å². The van der Waals surface area contributed by atoms with Crippen molar-refractivity contribution in [3.8, 4) is 0 Å². The number of carbonyl (C=O) groups excluding carboxylic acids is 1. The number of carboxylic acid groups (broad SMARTS) is 1. The highest BCUT2D eigenvalue weighted by Gasteiger charge is 2.29. The Morgan fingerprint density at radius 3 is 2.62 bits per heavy atom. The Balaban J connectivity index is 1.69. The fraction of sp³-hybridized carbons (Fsp3) is 0.600. The summed E-state index contributed by atoms with van der Waals surface area (Å²) >= 11 is 0. The van der Waals surface area contributed by atoms with Gasteiger partial charge in [-0.25, -0.2) is 0 Å². The predicted molar refractivity (Wildman–Crippen MR) is 98.1 cm³/mol. The van der Waals surface area contributed by atoms with E-state index in [9.17, 15) is 9.59 Å². The molecule has 6 nitrogen and oxygen atoms in total. The van der Waals surface area contributed by atoms with Crippen LogP contribution in [0.4, 0.5) is 0 Å². The molecule has 1 N–H and O–H groups in total. The molecule has 0 spiro atoms. The maximum atomic E-state index is 13.0. The lowest BCUT2D eigenvalue weighted by Gasteiger charge is -2.35. The summed E-state index contributed by atoms with van der Waals surface area (Å²) in [5, 5.41) is 9.09. The van der Waals surface area contributed by atoms with Crippen LogP contribution in [0.2, 0.25) is 0 Å². The van der Waals surface area contributed by atoms with Crippen molar-refractivity contribution in [3.63, 3.8) is 0 Å². The lowest BCUT2D eigenvalue weighted by Crippen LogP contribution is -2.49. The SMILES string of the molecule is O=C(O)C[C@H]1COCCN1C(=O)c1cccc(CN2CCCCCC2)c1. The van der Waals surface area contributed by atoms with Crippen LogP contribution in [-0.4, -0.2) is 65.7 Å². The van der Waals surface area contributed by atoms with Gasteiger partial charge in [0.25, 0.3) is 5.91 Å². The Hall–Kier alpha value is -1.92. The molecule has 26 heavy (non-hydrogen) atoms. The number of hydrogen-bond donors (Lipinski definition) is 1. The van der Waals surface area contributed by atoms with Gasteiger partial charge in [-0.1, -0.05) is 25.0 Å². The van der Waals surface area contributed by atoms with Gasteiger partial charge in [0.05, 0.1) is 25.7 Å². The first-order valence-electron chi connectivity index (χ1n) is 9.55. The summed E-state index contributed by atoms with van der Waals surface area (Å²) in [5.41, 5.74) is 1.77. The number of carboxylic acids is 1. The number of likely N-dealkylation sites (tertiary alicyclic amines) is 1. The maximum absolute atomic E-state index is 13.0. The Morgan fingerprint density at radius 1 is 1.12 bits per heavy atom. The van der Waals surface area contributed by atoms with Gasteiger partial charge in [-0.3, -0.25) is 14.5 Å². The lowest BCUT2D eigenvalue weighted by molar-refractivity contribution is -0.139. The van der Waals surface area contributed by atoms with Gasteiger partial charge in [0.1, 0.15) is 0 Å². The third-order valence-corrected chi connectivity index (χ3v) is 5.18. The van der Waals surface area contributed by atoms with Crippen LogP contribution < -0.4 is 0 Å². The third kappa shape index (κ3) is 5.05. The monoisotopic (exact) mass is 360 g/mol. The standard InChI is InChI=1S/C20H28N2O4/c23-19(24)13-18-15-26-11-10-22(18)20(25)17-7-5-6-16(12-17)14-21-8-3-1-2-4-9-21/h5-7,12,18H,1-4,8-11,13-15H2,(H,23,24)/t18-/m0/s1. The van der Waals surface area contributed by atoms with E-state index in [1.165, 1.54) is 25.7 Å². The van der Waals surface area contributed by atoms with Crippen molar-refractivity contribution >= 4 is 11.9 Å². The zero-order valence-corrected chi connectivity index (χ0v) is 15.2. The minimum Gasteiger partial charge on any atom is -0.481 e. The molecule has 1 amide bonds. The van der Waals surface area contributed by atoms with Crippen LogP contribution in [0.3, 0.4) is 0 Å². The molecule has 0 radical (unpaired) electrons. The second-order valence-electron chi connectivity index (χ2n) is 7.22. The molecule has 0 aliphatic carbocycles. The maximum Gasteiger partial charge on any atom is 0.305 e. The Kier molecular flexibility index (Phi) is 6.63. The quantitative estimate of drug-likeness (QED) is 0.873. The van der Waals surface area contributed by atoms with E-state index in [2.05, 4.69) is 11.0 Å². The van der Waals surface area contributed by atoms with Crippen molar-refractivity contribution in [1.29, 1.82) is 0 Å². The first-order valence-corrected chi connectivity index (χ1v) is 9.55. The minimum absolute atomic E-state index is 0.0841. The minimum atomic E-state index is -0.909. The first-order chi connectivity index (χ1) is 12.6. The van der Waals surface area contributed by atoms with E-state index in [1.807, 2.05) is 18.2 Å².